The van der Waals surface area contributed by atoms with E-state index >= 15 is 0 Å². The molecule has 2 aromatic carbocycles. The topological polar surface area (TPSA) is 51.0 Å². The fourth-order valence-corrected chi connectivity index (χ4v) is 2.08. The van der Waals surface area contributed by atoms with Crippen LogP contribution in [0.1, 0.15) is 11.1 Å². The van der Waals surface area contributed by atoms with Gasteiger partial charge in [0.2, 0.25) is 12.3 Å². The molecule has 106 valence electrons. The molecule has 3 rings (SSSR count). The van der Waals surface area contributed by atoms with Crippen LogP contribution in [0.5, 0.6) is 0 Å². The van der Waals surface area contributed by atoms with E-state index in [1.807, 2.05) is 30.3 Å². The Morgan fingerprint density at radius 3 is 2.86 bits per heavy atom. The number of hydrogen-bond donors (Lipinski definition) is 1. The summed E-state index contributed by atoms with van der Waals surface area (Å²) in [4.78, 5) is 0. The molecule has 0 aliphatic rings. The second-order valence-corrected chi connectivity index (χ2v) is 4.76. The lowest BCUT2D eigenvalue weighted by atomic mass is 10.1. The Morgan fingerprint density at radius 2 is 2.10 bits per heavy atom. The molecule has 0 saturated heterocycles. The van der Waals surface area contributed by atoms with Gasteiger partial charge in [-0.3, -0.25) is 0 Å². The summed E-state index contributed by atoms with van der Waals surface area (Å²) in [5, 5.41) is 10.8. The molecule has 0 radical (unpaired) electrons. The van der Waals surface area contributed by atoms with E-state index in [1.54, 1.807) is 13.0 Å². The van der Waals surface area contributed by atoms with Crippen LogP contribution in [0.2, 0.25) is 0 Å². The first kappa shape index (κ1) is 13.3. The molecule has 5 heteroatoms. The molecule has 1 N–H and O–H groups in total. The number of aryl methyl sites for hydroxylation is 1. The second-order valence-electron chi connectivity index (χ2n) is 4.76. The molecular weight excluding hydrogens is 269 g/mol. The van der Waals surface area contributed by atoms with Crippen LogP contribution in [0.15, 0.2) is 53.3 Å². The van der Waals surface area contributed by atoms with Gasteiger partial charge in [-0.05, 0) is 42.3 Å². The fraction of sp³-hybridized carbons (Fsp3) is 0.125. The standard InChI is InChI=1S/C16H14FN3O/c1-11-7-12(5-6-15(11)17)9-18-14-4-2-3-13(8-14)16-20-19-10-21-16/h2-8,10,18H,9H2,1H3. The summed E-state index contributed by atoms with van der Waals surface area (Å²) in [6.07, 6.45) is 1.30. The Bertz CT molecular complexity index is 741. The second kappa shape index (κ2) is 5.75. The summed E-state index contributed by atoms with van der Waals surface area (Å²) < 4.78 is 18.4. The van der Waals surface area contributed by atoms with Crippen LogP contribution in [0, 0.1) is 12.7 Å². The lowest BCUT2D eigenvalue weighted by molar-refractivity contribution is 0.568. The van der Waals surface area contributed by atoms with E-state index in [0.29, 0.717) is 18.0 Å². The van der Waals surface area contributed by atoms with Crippen LogP contribution >= 0.6 is 0 Å². The zero-order chi connectivity index (χ0) is 14.7. The minimum absolute atomic E-state index is 0.183. The summed E-state index contributed by atoms with van der Waals surface area (Å²) in [5.41, 5.74) is 3.46. The first-order valence-electron chi connectivity index (χ1n) is 6.58. The molecule has 0 aliphatic carbocycles. The number of anilines is 1. The maximum absolute atomic E-state index is 13.2. The van der Waals surface area contributed by atoms with E-state index in [9.17, 15) is 4.39 Å². The molecule has 0 saturated carbocycles. The van der Waals surface area contributed by atoms with Crippen LogP contribution in [-0.4, -0.2) is 10.2 Å². The van der Waals surface area contributed by atoms with Crippen molar-refractivity contribution in [1.29, 1.82) is 0 Å². The first-order valence-corrected chi connectivity index (χ1v) is 6.58. The molecule has 1 heterocycles. The van der Waals surface area contributed by atoms with E-state index in [2.05, 4.69) is 15.5 Å². The minimum Gasteiger partial charge on any atom is -0.423 e. The van der Waals surface area contributed by atoms with Crippen LogP contribution in [0.4, 0.5) is 10.1 Å². The van der Waals surface area contributed by atoms with Gasteiger partial charge in [0.1, 0.15) is 5.82 Å². The zero-order valence-electron chi connectivity index (χ0n) is 11.5. The monoisotopic (exact) mass is 283 g/mol. The van der Waals surface area contributed by atoms with Crippen molar-refractivity contribution in [2.45, 2.75) is 13.5 Å². The van der Waals surface area contributed by atoms with Crippen molar-refractivity contribution in [3.05, 3.63) is 65.8 Å². The average molecular weight is 283 g/mol. The number of benzene rings is 2. The molecule has 3 aromatic rings. The molecular formula is C16H14FN3O. The maximum atomic E-state index is 13.2. The van der Waals surface area contributed by atoms with Gasteiger partial charge in [0.05, 0.1) is 0 Å². The number of nitrogens with one attached hydrogen (secondary N) is 1. The molecule has 0 fully saturated rings. The lowest BCUT2D eigenvalue weighted by Gasteiger charge is -2.08. The molecule has 1 aromatic heterocycles. The van der Waals surface area contributed by atoms with E-state index in [1.165, 1.54) is 12.5 Å². The summed E-state index contributed by atoms with van der Waals surface area (Å²) in [6.45, 7) is 2.38. The van der Waals surface area contributed by atoms with E-state index in [0.717, 1.165) is 16.8 Å². The Balaban J connectivity index is 1.73. The SMILES string of the molecule is Cc1cc(CNc2cccc(-c3nnco3)c2)ccc1F. The van der Waals surface area contributed by atoms with Gasteiger partial charge in [0, 0.05) is 17.8 Å². The summed E-state index contributed by atoms with van der Waals surface area (Å²) in [7, 11) is 0. The average Bonchev–Trinajstić information content (AvgIpc) is 3.03. The third kappa shape index (κ3) is 3.08. The number of aromatic nitrogens is 2. The van der Waals surface area contributed by atoms with Crippen LogP contribution in [0.3, 0.4) is 0 Å². The van der Waals surface area contributed by atoms with Gasteiger partial charge in [0.15, 0.2) is 0 Å². The highest BCUT2D eigenvalue weighted by Gasteiger charge is 2.04. The molecule has 0 spiro atoms. The first-order chi connectivity index (χ1) is 10.2. The van der Waals surface area contributed by atoms with Gasteiger partial charge in [-0.2, -0.15) is 0 Å². The Morgan fingerprint density at radius 1 is 1.19 bits per heavy atom. The predicted octanol–water partition coefficient (Wildman–Crippen LogP) is 3.80. The van der Waals surface area contributed by atoms with Crippen molar-refractivity contribution < 1.29 is 8.81 Å². The number of halogens is 1. The molecule has 4 nitrogen and oxygen atoms in total. The smallest absolute Gasteiger partial charge is 0.247 e. The number of nitrogens with zero attached hydrogens (tertiary/aromatic N) is 2. The number of hydrogen-bond acceptors (Lipinski definition) is 4. The van der Waals surface area contributed by atoms with E-state index in [4.69, 9.17) is 4.42 Å². The highest BCUT2D eigenvalue weighted by Crippen LogP contribution is 2.21. The van der Waals surface area contributed by atoms with Crippen LogP contribution in [-0.2, 0) is 6.54 Å². The van der Waals surface area contributed by atoms with E-state index in [-0.39, 0.29) is 5.82 Å². The van der Waals surface area contributed by atoms with Gasteiger partial charge in [0.25, 0.3) is 0 Å². The van der Waals surface area contributed by atoms with Crippen molar-refractivity contribution >= 4 is 5.69 Å². The van der Waals surface area contributed by atoms with Crippen LogP contribution in [0.25, 0.3) is 11.5 Å². The Kier molecular flexibility index (Phi) is 3.64. The summed E-state index contributed by atoms with van der Waals surface area (Å²) >= 11 is 0. The predicted molar refractivity (Wildman–Crippen MR) is 78.2 cm³/mol. The van der Waals surface area contributed by atoms with E-state index < -0.39 is 0 Å². The van der Waals surface area contributed by atoms with Gasteiger partial charge < -0.3 is 9.73 Å². The molecule has 0 bridgehead atoms. The molecule has 0 amide bonds. The Labute approximate surface area is 121 Å². The quantitative estimate of drug-likeness (QED) is 0.791. The zero-order valence-corrected chi connectivity index (χ0v) is 11.5. The lowest BCUT2D eigenvalue weighted by Crippen LogP contribution is -2.00. The maximum Gasteiger partial charge on any atom is 0.247 e. The van der Waals surface area contributed by atoms with Crippen molar-refractivity contribution in [3.63, 3.8) is 0 Å². The third-order valence-corrected chi connectivity index (χ3v) is 3.19. The van der Waals surface area contributed by atoms with Gasteiger partial charge in [-0.15, -0.1) is 10.2 Å². The largest absolute Gasteiger partial charge is 0.423 e. The van der Waals surface area contributed by atoms with Crippen molar-refractivity contribution in [2.24, 2.45) is 0 Å². The molecule has 0 atom stereocenters. The third-order valence-electron chi connectivity index (χ3n) is 3.19. The molecule has 0 aliphatic heterocycles. The number of rotatable bonds is 4. The molecule has 21 heavy (non-hydrogen) atoms. The van der Waals surface area contributed by atoms with Crippen LogP contribution < -0.4 is 5.32 Å². The summed E-state index contributed by atoms with van der Waals surface area (Å²) in [6, 6.07) is 12.8. The van der Waals surface area contributed by atoms with Crippen molar-refractivity contribution in [2.75, 3.05) is 5.32 Å². The van der Waals surface area contributed by atoms with Gasteiger partial charge >= 0.3 is 0 Å². The molecule has 0 unspecified atom stereocenters. The van der Waals surface area contributed by atoms with Gasteiger partial charge in [-0.25, -0.2) is 4.39 Å². The minimum atomic E-state index is -0.183. The van der Waals surface area contributed by atoms with Crippen molar-refractivity contribution in [1.82, 2.24) is 10.2 Å². The van der Waals surface area contributed by atoms with Crippen molar-refractivity contribution in [3.8, 4) is 11.5 Å². The summed E-state index contributed by atoms with van der Waals surface area (Å²) in [5.74, 6) is 0.299. The fourth-order valence-electron chi connectivity index (χ4n) is 2.08. The highest BCUT2D eigenvalue weighted by atomic mass is 19.1. The van der Waals surface area contributed by atoms with Gasteiger partial charge in [-0.1, -0.05) is 18.2 Å². The normalized spacial score (nSPS) is 10.6. The Hall–Kier alpha value is -2.69. The highest BCUT2D eigenvalue weighted by molar-refractivity contribution is 5.60.